The van der Waals surface area contributed by atoms with Crippen LogP contribution < -0.4 is 25.6 Å². The van der Waals surface area contributed by atoms with Crippen molar-refractivity contribution in [3.8, 4) is 44.5 Å². The van der Waals surface area contributed by atoms with E-state index in [1.54, 1.807) is 0 Å². The number of nitrogens with zero attached hydrogens (tertiary/aromatic N) is 1. The van der Waals surface area contributed by atoms with E-state index in [1.165, 1.54) is 105 Å². The monoisotopic (exact) mass is 737 g/mol. The van der Waals surface area contributed by atoms with Crippen LogP contribution in [0.25, 0.3) is 44.5 Å². The Kier molecular flexibility index (Phi) is 6.18. The fraction of sp³-hybridized carbons (Fsp3) is 0.0182. The highest BCUT2D eigenvalue weighted by Crippen LogP contribution is 2.63. The summed E-state index contributed by atoms with van der Waals surface area (Å²) in [7, 11) is -2.81. The summed E-state index contributed by atoms with van der Waals surface area (Å²) >= 11 is 0. The molecule has 0 fully saturated rings. The van der Waals surface area contributed by atoms with E-state index in [-0.39, 0.29) is 0 Å². The molecule has 2 spiro atoms. The summed E-state index contributed by atoms with van der Waals surface area (Å²) < 4.78 is 0. The first kappa shape index (κ1) is 31.2. The highest BCUT2D eigenvalue weighted by Gasteiger charge is 2.56. The maximum Gasteiger partial charge on any atom is 0.182 e. The van der Waals surface area contributed by atoms with Crippen molar-refractivity contribution >= 4 is 45.9 Å². The number of hydrogen-bond donors (Lipinski definition) is 0. The molecule has 13 rings (SSSR count). The first-order valence-corrected chi connectivity index (χ1v) is 22.0. The third kappa shape index (κ3) is 3.74. The Morgan fingerprint density at radius 1 is 0.316 bits per heavy atom. The van der Waals surface area contributed by atoms with Crippen LogP contribution in [0.1, 0.15) is 22.3 Å². The van der Waals surface area contributed by atoms with Gasteiger partial charge in [0, 0.05) is 5.69 Å². The molecule has 1 aliphatic carbocycles. The molecule has 0 saturated carbocycles. The van der Waals surface area contributed by atoms with Crippen molar-refractivity contribution in [1.82, 2.24) is 0 Å². The number of hydrogen-bond acceptors (Lipinski definition) is 1. The quantitative estimate of drug-likeness (QED) is 0.160. The molecule has 2 heteroatoms. The maximum absolute atomic E-state index is 2.81. The van der Waals surface area contributed by atoms with E-state index < -0.39 is 13.5 Å². The van der Waals surface area contributed by atoms with E-state index in [1.807, 2.05) is 0 Å². The summed E-state index contributed by atoms with van der Waals surface area (Å²) in [6.07, 6.45) is 0. The third-order valence-electron chi connectivity index (χ3n) is 13.5. The van der Waals surface area contributed by atoms with Crippen molar-refractivity contribution < 1.29 is 0 Å². The first-order chi connectivity index (χ1) is 28.3. The number of para-hydroxylation sites is 2. The lowest BCUT2D eigenvalue weighted by Crippen LogP contribution is -2.71. The molecule has 0 N–H and O–H groups in total. The zero-order valence-corrected chi connectivity index (χ0v) is 32.2. The van der Waals surface area contributed by atoms with Gasteiger partial charge in [0.1, 0.15) is 0 Å². The minimum atomic E-state index is -2.81. The van der Waals surface area contributed by atoms with E-state index in [4.69, 9.17) is 0 Å². The third-order valence-corrected chi connectivity index (χ3v) is 18.5. The standard InChI is InChI=1S/C55H35NSi/c1-2-17-36(18-3-1)38-23-16-24-44-42-22-7-15-32-52(42)57(54(38)44)51-31-14-6-21-41(51)43-34-33-37(35-53(43)57)56-49-29-12-10-27-47(49)55(48-28-11-13-30-50(48)56)45-25-8-4-19-39(45)40-20-5-9-26-46(40)55/h1-35H. The molecule has 1 unspecified atom stereocenters. The molecule has 0 saturated heterocycles. The topological polar surface area (TPSA) is 3.24 Å². The summed E-state index contributed by atoms with van der Waals surface area (Å²) in [5.41, 5.74) is 19.3. The Labute approximate surface area is 333 Å². The zero-order chi connectivity index (χ0) is 37.3. The molecule has 1 atom stereocenters. The molecule has 9 aromatic rings. The van der Waals surface area contributed by atoms with Crippen LogP contribution in [0.5, 0.6) is 0 Å². The molecule has 0 aromatic heterocycles. The van der Waals surface area contributed by atoms with Crippen molar-refractivity contribution in [3.63, 3.8) is 0 Å². The van der Waals surface area contributed by atoms with Crippen LogP contribution in [0, 0.1) is 0 Å². The van der Waals surface area contributed by atoms with Crippen LogP contribution in [-0.2, 0) is 5.41 Å². The second-order valence-corrected chi connectivity index (χ2v) is 19.5. The Hall–Kier alpha value is -7.00. The first-order valence-electron chi connectivity index (χ1n) is 20.0. The van der Waals surface area contributed by atoms with Gasteiger partial charge in [-0.05, 0) is 112 Å². The van der Waals surface area contributed by atoms with Crippen molar-refractivity contribution in [3.05, 3.63) is 235 Å². The number of rotatable bonds is 2. The maximum atomic E-state index is 2.59. The summed E-state index contributed by atoms with van der Waals surface area (Å²) in [6.45, 7) is 0. The molecule has 3 aliphatic heterocycles. The van der Waals surface area contributed by atoms with Gasteiger partial charge >= 0.3 is 0 Å². The fourth-order valence-electron chi connectivity index (χ4n) is 11.5. The van der Waals surface area contributed by atoms with Gasteiger partial charge in [-0.25, -0.2) is 0 Å². The molecular weight excluding hydrogens is 703 g/mol. The smallest absolute Gasteiger partial charge is 0.182 e. The summed E-state index contributed by atoms with van der Waals surface area (Å²) in [4.78, 5) is 2.57. The highest BCUT2D eigenvalue weighted by molar-refractivity contribution is 7.24. The minimum Gasteiger partial charge on any atom is -0.310 e. The van der Waals surface area contributed by atoms with Crippen LogP contribution in [-0.4, -0.2) is 8.07 Å². The fourth-order valence-corrected chi connectivity index (χ4v) is 17.4. The predicted octanol–water partition coefficient (Wildman–Crippen LogP) is 10.8. The SMILES string of the molecule is c1ccc(-c2cccc3c2[Si]2(c4ccccc4-c4ccc(N5c6ccccc6C6(c7ccccc7-c7ccccc76)c6ccccc65)cc42)c2ccccc2-3)cc1. The van der Waals surface area contributed by atoms with E-state index in [2.05, 4.69) is 217 Å². The summed E-state index contributed by atoms with van der Waals surface area (Å²) in [5.74, 6) is 0. The zero-order valence-electron chi connectivity index (χ0n) is 31.2. The predicted molar refractivity (Wildman–Crippen MR) is 239 cm³/mol. The van der Waals surface area contributed by atoms with E-state index >= 15 is 0 Å². The van der Waals surface area contributed by atoms with Gasteiger partial charge < -0.3 is 4.90 Å². The Bertz CT molecular complexity index is 3050. The van der Waals surface area contributed by atoms with E-state index in [9.17, 15) is 0 Å². The van der Waals surface area contributed by atoms with Crippen molar-refractivity contribution in [1.29, 1.82) is 0 Å². The molecule has 0 bridgehead atoms. The Morgan fingerprint density at radius 2 is 0.772 bits per heavy atom. The Balaban J connectivity index is 1.12. The number of fused-ring (bicyclic) bond motifs is 19. The number of anilines is 3. The van der Waals surface area contributed by atoms with Gasteiger partial charge in [-0.15, -0.1) is 0 Å². The van der Waals surface area contributed by atoms with Crippen molar-refractivity contribution in [2.75, 3.05) is 4.90 Å². The van der Waals surface area contributed by atoms with Crippen LogP contribution in [0.3, 0.4) is 0 Å². The largest absolute Gasteiger partial charge is 0.310 e. The normalized spacial score (nSPS) is 16.6. The molecule has 9 aromatic carbocycles. The average Bonchev–Trinajstić information content (AvgIpc) is 3.87. The van der Waals surface area contributed by atoms with E-state index in [0.29, 0.717) is 0 Å². The summed E-state index contributed by atoms with van der Waals surface area (Å²) in [5, 5.41) is 5.97. The molecular formula is C55H35NSi. The second-order valence-electron chi connectivity index (χ2n) is 15.9. The second kappa shape index (κ2) is 11.3. The van der Waals surface area contributed by atoms with Gasteiger partial charge in [0.15, 0.2) is 8.07 Å². The van der Waals surface area contributed by atoms with Gasteiger partial charge in [0.2, 0.25) is 0 Å². The Morgan fingerprint density at radius 3 is 1.40 bits per heavy atom. The van der Waals surface area contributed by atoms with Crippen LogP contribution in [0.4, 0.5) is 17.1 Å². The van der Waals surface area contributed by atoms with Crippen molar-refractivity contribution in [2.24, 2.45) is 0 Å². The highest BCUT2D eigenvalue weighted by atomic mass is 28.3. The van der Waals surface area contributed by atoms with Gasteiger partial charge in [-0.1, -0.05) is 188 Å². The molecule has 0 radical (unpaired) electrons. The van der Waals surface area contributed by atoms with Gasteiger partial charge in [-0.2, -0.15) is 0 Å². The van der Waals surface area contributed by atoms with Crippen LogP contribution in [0.15, 0.2) is 212 Å². The van der Waals surface area contributed by atoms with Gasteiger partial charge in [0.25, 0.3) is 0 Å². The molecule has 4 aliphatic rings. The van der Waals surface area contributed by atoms with Crippen molar-refractivity contribution in [2.45, 2.75) is 5.41 Å². The molecule has 57 heavy (non-hydrogen) atoms. The minimum absolute atomic E-state index is 0.437. The van der Waals surface area contributed by atoms with Crippen LogP contribution >= 0.6 is 0 Å². The molecule has 3 heterocycles. The van der Waals surface area contributed by atoms with Crippen LogP contribution in [0.2, 0.25) is 0 Å². The average molecular weight is 738 g/mol. The molecule has 264 valence electrons. The molecule has 0 amide bonds. The lowest BCUT2D eigenvalue weighted by Gasteiger charge is -2.45. The molecule has 1 nitrogen and oxygen atoms in total. The lowest BCUT2D eigenvalue weighted by atomic mass is 9.64. The van der Waals surface area contributed by atoms with E-state index in [0.717, 1.165) is 0 Å². The van der Waals surface area contributed by atoms with Gasteiger partial charge in [-0.3, -0.25) is 0 Å². The summed E-state index contributed by atoms with van der Waals surface area (Å²) in [6, 6.07) is 80.6. The number of benzene rings is 9. The van der Waals surface area contributed by atoms with Gasteiger partial charge in [0.05, 0.1) is 16.8 Å². The lowest BCUT2D eigenvalue weighted by molar-refractivity contribution is 0.752.